The van der Waals surface area contributed by atoms with E-state index in [2.05, 4.69) is 35.2 Å². The normalized spacial score (nSPS) is 17.4. The van der Waals surface area contributed by atoms with Crippen LogP contribution in [0.4, 0.5) is 0 Å². The molecule has 0 bridgehead atoms. The van der Waals surface area contributed by atoms with Crippen LogP contribution in [-0.4, -0.2) is 38.0 Å². The maximum Gasteiger partial charge on any atom is 0.161 e. The van der Waals surface area contributed by atoms with Crippen LogP contribution < -0.4 is 9.47 Å². The number of fused-ring (bicyclic) bond motifs is 1. The fraction of sp³-hybridized carbons (Fsp3) is 0.458. The Morgan fingerprint density at radius 1 is 0.931 bits per heavy atom. The van der Waals surface area contributed by atoms with Crippen molar-refractivity contribution >= 4 is 18.2 Å². The molecule has 4 nitrogen and oxygen atoms in total. The van der Waals surface area contributed by atoms with Gasteiger partial charge in [-0.1, -0.05) is 30.3 Å². The highest BCUT2D eigenvalue weighted by molar-refractivity contribution is 5.85. The first-order valence-corrected chi connectivity index (χ1v) is 10.2. The minimum Gasteiger partial charge on any atom is -0.493 e. The molecule has 0 spiro atoms. The highest BCUT2D eigenvalue weighted by Crippen LogP contribution is 2.38. The maximum atomic E-state index is 13.2. The van der Waals surface area contributed by atoms with Gasteiger partial charge in [-0.3, -0.25) is 9.69 Å². The van der Waals surface area contributed by atoms with E-state index in [-0.39, 0.29) is 24.2 Å². The number of rotatable bonds is 6. The number of hydrogen-bond acceptors (Lipinski definition) is 4. The Kier molecular flexibility index (Phi) is 7.20. The van der Waals surface area contributed by atoms with Gasteiger partial charge in [-0.05, 0) is 67.6 Å². The minimum atomic E-state index is 0. The first-order chi connectivity index (χ1) is 13.7. The lowest BCUT2D eigenvalue weighted by molar-refractivity contribution is -0.128. The summed E-state index contributed by atoms with van der Waals surface area (Å²) in [4.78, 5) is 15.6. The van der Waals surface area contributed by atoms with Gasteiger partial charge in [0.15, 0.2) is 11.5 Å². The molecular formula is C24H30ClNO3. The Morgan fingerprint density at radius 3 is 2.00 bits per heavy atom. The average molecular weight is 416 g/mol. The smallest absolute Gasteiger partial charge is 0.161 e. The molecule has 29 heavy (non-hydrogen) atoms. The molecule has 0 radical (unpaired) electrons. The lowest BCUT2D eigenvalue weighted by Gasteiger charge is -2.32. The topological polar surface area (TPSA) is 38.8 Å². The van der Waals surface area contributed by atoms with Crippen LogP contribution in [0.25, 0.3) is 0 Å². The van der Waals surface area contributed by atoms with Crippen molar-refractivity contribution in [2.75, 3.05) is 27.3 Å². The van der Waals surface area contributed by atoms with E-state index in [1.54, 1.807) is 14.2 Å². The van der Waals surface area contributed by atoms with Crippen LogP contribution in [0.5, 0.6) is 11.5 Å². The summed E-state index contributed by atoms with van der Waals surface area (Å²) in [6.07, 6.45) is 3.62. The molecule has 2 aromatic rings. The molecular weight excluding hydrogens is 386 g/mol. The van der Waals surface area contributed by atoms with Gasteiger partial charge in [0.1, 0.15) is 5.78 Å². The number of nitrogens with zero attached hydrogens (tertiary/aromatic N) is 1. The van der Waals surface area contributed by atoms with Crippen LogP contribution in [0, 0.1) is 11.8 Å². The summed E-state index contributed by atoms with van der Waals surface area (Å²) >= 11 is 0. The monoisotopic (exact) mass is 415 g/mol. The number of Topliss-reactive ketones (excluding diaryl/α,β-unsaturated/α-hetero) is 1. The average Bonchev–Trinajstić information content (AvgIpc) is 3.16. The van der Waals surface area contributed by atoms with Crippen LogP contribution in [0.15, 0.2) is 42.5 Å². The third kappa shape index (κ3) is 4.76. The molecule has 0 N–H and O–H groups in total. The van der Waals surface area contributed by atoms with Crippen LogP contribution >= 0.6 is 12.4 Å². The van der Waals surface area contributed by atoms with Gasteiger partial charge in [-0.15, -0.1) is 12.4 Å². The Morgan fingerprint density at radius 2 is 1.48 bits per heavy atom. The Balaban J connectivity index is 0.00000240. The number of halogens is 1. The minimum absolute atomic E-state index is 0. The van der Waals surface area contributed by atoms with Crippen molar-refractivity contribution in [2.24, 2.45) is 11.8 Å². The van der Waals surface area contributed by atoms with Crippen molar-refractivity contribution in [1.29, 1.82) is 0 Å². The summed E-state index contributed by atoms with van der Waals surface area (Å²) in [5.41, 5.74) is 3.82. The van der Waals surface area contributed by atoms with E-state index >= 15 is 0 Å². The largest absolute Gasteiger partial charge is 0.493 e. The Hall–Kier alpha value is -2.04. The zero-order chi connectivity index (χ0) is 19.5. The van der Waals surface area contributed by atoms with Crippen molar-refractivity contribution in [2.45, 2.75) is 32.2 Å². The van der Waals surface area contributed by atoms with Gasteiger partial charge in [0, 0.05) is 18.4 Å². The molecule has 0 saturated carbocycles. The second kappa shape index (κ2) is 9.64. The summed E-state index contributed by atoms with van der Waals surface area (Å²) in [5.74, 6) is 2.27. The second-order valence-electron chi connectivity index (χ2n) is 8.02. The number of hydrogen-bond donors (Lipinski definition) is 0. The van der Waals surface area contributed by atoms with E-state index < -0.39 is 0 Å². The van der Waals surface area contributed by atoms with Crippen molar-refractivity contribution in [3.05, 3.63) is 59.2 Å². The number of benzene rings is 2. The Bertz CT molecular complexity index is 799. The molecule has 5 heteroatoms. The fourth-order valence-electron chi connectivity index (χ4n) is 4.70. The zero-order valence-corrected chi connectivity index (χ0v) is 18.0. The zero-order valence-electron chi connectivity index (χ0n) is 17.2. The summed E-state index contributed by atoms with van der Waals surface area (Å²) in [6, 6.07) is 14.7. The third-order valence-corrected chi connectivity index (χ3v) is 6.28. The van der Waals surface area contributed by atoms with E-state index in [1.807, 2.05) is 12.1 Å². The van der Waals surface area contributed by atoms with Crippen molar-refractivity contribution in [3.8, 4) is 11.5 Å². The van der Waals surface area contributed by atoms with Crippen molar-refractivity contribution in [1.82, 2.24) is 4.90 Å². The number of ether oxygens (including phenoxy) is 2. The molecule has 1 heterocycles. The molecule has 0 aromatic heterocycles. The van der Waals surface area contributed by atoms with Crippen molar-refractivity contribution < 1.29 is 14.3 Å². The molecule has 0 atom stereocenters. The predicted octanol–water partition coefficient (Wildman–Crippen LogP) is 4.32. The highest BCUT2D eigenvalue weighted by Gasteiger charge is 2.34. The lowest BCUT2D eigenvalue weighted by atomic mass is 9.84. The molecule has 2 aromatic carbocycles. The summed E-state index contributed by atoms with van der Waals surface area (Å²) < 4.78 is 10.8. The quantitative estimate of drug-likeness (QED) is 0.704. The van der Waals surface area contributed by atoms with Gasteiger partial charge in [0.05, 0.1) is 14.2 Å². The summed E-state index contributed by atoms with van der Waals surface area (Å²) in [5, 5.41) is 0. The van der Waals surface area contributed by atoms with Crippen LogP contribution in [-0.2, 0) is 24.2 Å². The van der Waals surface area contributed by atoms with Gasteiger partial charge >= 0.3 is 0 Å². The van der Waals surface area contributed by atoms with Crippen LogP contribution in [0.1, 0.15) is 29.5 Å². The number of likely N-dealkylation sites (tertiary alicyclic amines) is 1. The molecule has 0 amide bonds. The van der Waals surface area contributed by atoms with Gasteiger partial charge in [0.25, 0.3) is 0 Å². The fourth-order valence-corrected chi connectivity index (χ4v) is 4.70. The number of carbonyl (C=O) groups excluding carboxylic acids is 1. The number of carbonyl (C=O) groups is 1. The van der Waals surface area contributed by atoms with E-state index in [1.165, 1.54) is 16.7 Å². The summed E-state index contributed by atoms with van der Waals surface area (Å²) in [6.45, 7) is 3.00. The van der Waals surface area contributed by atoms with Gasteiger partial charge in [0.2, 0.25) is 0 Å². The molecule has 1 aliphatic heterocycles. The molecule has 156 valence electrons. The SMILES string of the molecule is COc1cc2c(cc1OC)CC(C(=O)C1CCN(Cc3ccccc3)CC1)C2.Cl. The first kappa shape index (κ1) is 21.7. The van der Waals surface area contributed by atoms with Crippen LogP contribution in [0.3, 0.4) is 0 Å². The third-order valence-electron chi connectivity index (χ3n) is 6.28. The van der Waals surface area contributed by atoms with Crippen LogP contribution in [0.2, 0.25) is 0 Å². The number of ketones is 1. The van der Waals surface area contributed by atoms with E-state index in [0.717, 1.165) is 56.8 Å². The molecule has 0 unspecified atom stereocenters. The lowest BCUT2D eigenvalue weighted by Crippen LogP contribution is -2.37. The van der Waals surface area contributed by atoms with E-state index in [0.29, 0.717) is 5.78 Å². The standard InChI is InChI=1S/C24H29NO3.ClH/c1-27-22-14-19-12-21(13-20(19)15-23(22)28-2)24(26)18-8-10-25(11-9-18)16-17-6-4-3-5-7-17;/h3-7,14-15,18,21H,8-13,16H2,1-2H3;1H. The molecule has 1 fully saturated rings. The van der Waals surface area contributed by atoms with Gasteiger partial charge in [-0.25, -0.2) is 0 Å². The molecule has 2 aliphatic rings. The number of methoxy groups -OCH3 is 2. The highest BCUT2D eigenvalue weighted by atomic mass is 35.5. The van der Waals surface area contributed by atoms with Crippen molar-refractivity contribution in [3.63, 3.8) is 0 Å². The van der Waals surface area contributed by atoms with Gasteiger partial charge in [-0.2, -0.15) is 0 Å². The molecule has 1 aliphatic carbocycles. The summed E-state index contributed by atoms with van der Waals surface area (Å²) in [7, 11) is 3.32. The van der Waals surface area contributed by atoms with E-state index in [4.69, 9.17) is 9.47 Å². The second-order valence-corrected chi connectivity index (χ2v) is 8.02. The number of piperidine rings is 1. The molecule has 4 rings (SSSR count). The van der Waals surface area contributed by atoms with Gasteiger partial charge < -0.3 is 9.47 Å². The van der Waals surface area contributed by atoms with E-state index in [9.17, 15) is 4.79 Å². The Labute approximate surface area is 179 Å². The maximum absolute atomic E-state index is 13.2. The molecule has 1 saturated heterocycles. The predicted molar refractivity (Wildman–Crippen MR) is 117 cm³/mol. The first-order valence-electron chi connectivity index (χ1n) is 10.2.